The predicted octanol–water partition coefficient (Wildman–Crippen LogP) is 5.94. The molecule has 2 aliphatic carbocycles. The monoisotopic (exact) mass is 289 g/mol. The lowest BCUT2D eigenvalue weighted by atomic mass is 9.69. The van der Waals surface area contributed by atoms with E-state index in [1.165, 1.54) is 69.9 Å². The molecular formula is C19H28FN. The highest BCUT2D eigenvalue weighted by Crippen LogP contribution is 2.42. The third-order valence-corrected chi connectivity index (χ3v) is 5.68. The van der Waals surface area contributed by atoms with Crippen molar-refractivity contribution in [2.24, 2.45) is 23.7 Å². The van der Waals surface area contributed by atoms with Gasteiger partial charge in [0.1, 0.15) is 6.07 Å². The van der Waals surface area contributed by atoms with Crippen LogP contribution in [0.2, 0.25) is 0 Å². The summed E-state index contributed by atoms with van der Waals surface area (Å²) in [7, 11) is 0. The molecule has 2 heteroatoms. The molecule has 1 nitrogen and oxygen atoms in total. The van der Waals surface area contributed by atoms with Crippen molar-refractivity contribution in [3.63, 3.8) is 0 Å². The van der Waals surface area contributed by atoms with E-state index in [9.17, 15) is 4.39 Å². The van der Waals surface area contributed by atoms with E-state index in [0.717, 1.165) is 17.8 Å². The number of nitriles is 1. The molecule has 2 aliphatic rings. The molecule has 0 unspecified atom stereocenters. The van der Waals surface area contributed by atoms with Crippen LogP contribution in [0.15, 0.2) is 24.1 Å². The van der Waals surface area contributed by atoms with Gasteiger partial charge in [-0.15, -0.1) is 0 Å². The Bertz CT molecular complexity index is 402. The van der Waals surface area contributed by atoms with E-state index in [1.807, 2.05) is 0 Å². The number of hydrogen-bond donors (Lipinski definition) is 0. The molecule has 0 heterocycles. The van der Waals surface area contributed by atoms with Gasteiger partial charge >= 0.3 is 0 Å². The first-order valence-corrected chi connectivity index (χ1v) is 8.67. The Morgan fingerprint density at radius 3 is 2.14 bits per heavy atom. The SMILES string of the molecule is CCC1CCC(C2CCC(/C=C/C=C(\F)C#N)CC2)CC1. The van der Waals surface area contributed by atoms with E-state index in [2.05, 4.69) is 13.0 Å². The van der Waals surface area contributed by atoms with Crippen molar-refractivity contribution in [2.75, 3.05) is 0 Å². The van der Waals surface area contributed by atoms with Crippen LogP contribution in [0, 0.1) is 35.0 Å². The second-order valence-corrected chi connectivity index (χ2v) is 6.88. The zero-order valence-corrected chi connectivity index (χ0v) is 13.2. The van der Waals surface area contributed by atoms with Gasteiger partial charge in [-0.2, -0.15) is 9.65 Å². The molecule has 0 amide bonds. The molecule has 0 aliphatic heterocycles. The fourth-order valence-corrected chi connectivity index (χ4v) is 4.21. The zero-order chi connectivity index (χ0) is 15.1. The number of halogens is 1. The third-order valence-electron chi connectivity index (χ3n) is 5.68. The molecule has 116 valence electrons. The van der Waals surface area contributed by atoms with Gasteiger partial charge in [0.05, 0.1) is 0 Å². The van der Waals surface area contributed by atoms with Crippen molar-refractivity contribution < 1.29 is 4.39 Å². The van der Waals surface area contributed by atoms with Crippen LogP contribution in [-0.4, -0.2) is 0 Å². The summed E-state index contributed by atoms with van der Waals surface area (Å²) in [6.45, 7) is 2.33. The van der Waals surface area contributed by atoms with Crippen LogP contribution >= 0.6 is 0 Å². The maximum absolute atomic E-state index is 12.7. The summed E-state index contributed by atoms with van der Waals surface area (Å²) in [6.07, 6.45) is 17.3. The quantitative estimate of drug-likeness (QED) is 0.464. The van der Waals surface area contributed by atoms with Crippen molar-refractivity contribution >= 4 is 0 Å². The van der Waals surface area contributed by atoms with Crippen LogP contribution in [0.5, 0.6) is 0 Å². The number of hydrogen-bond acceptors (Lipinski definition) is 1. The van der Waals surface area contributed by atoms with Gasteiger partial charge < -0.3 is 0 Å². The minimum atomic E-state index is -0.701. The summed E-state index contributed by atoms with van der Waals surface area (Å²) >= 11 is 0. The minimum absolute atomic E-state index is 0.580. The van der Waals surface area contributed by atoms with Crippen LogP contribution in [0.4, 0.5) is 4.39 Å². The molecule has 0 saturated heterocycles. The smallest absolute Gasteiger partial charge is 0.195 e. The van der Waals surface area contributed by atoms with Gasteiger partial charge in [0.2, 0.25) is 0 Å². The van der Waals surface area contributed by atoms with Gasteiger partial charge in [0, 0.05) is 0 Å². The first-order valence-electron chi connectivity index (χ1n) is 8.67. The normalized spacial score (nSPS) is 34.8. The van der Waals surface area contributed by atoms with Crippen molar-refractivity contribution in [2.45, 2.75) is 64.7 Å². The lowest BCUT2D eigenvalue weighted by Crippen LogP contribution is -2.25. The summed E-state index contributed by atoms with van der Waals surface area (Å²) in [5.74, 6) is 2.76. The Hall–Kier alpha value is -1.10. The molecule has 0 aromatic rings. The zero-order valence-electron chi connectivity index (χ0n) is 13.2. The first kappa shape index (κ1) is 16.3. The maximum atomic E-state index is 12.7. The fourth-order valence-electron chi connectivity index (χ4n) is 4.21. The van der Waals surface area contributed by atoms with E-state index in [-0.39, 0.29) is 0 Å². The van der Waals surface area contributed by atoms with Gasteiger partial charge in [0.15, 0.2) is 5.83 Å². The van der Waals surface area contributed by atoms with Crippen LogP contribution < -0.4 is 0 Å². The van der Waals surface area contributed by atoms with E-state index < -0.39 is 5.83 Å². The lowest BCUT2D eigenvalue weighted by molar-refractivity contribution is 0.154. The Morgan fingerprint density at radius 2 is 1.62 bits per heavy atom. The summed E-state index contributed by atoms with van der Waals surface area (Å²) in [6, 6.07) is 1.50. The topological polar surface area (TPSA) is 23.8 Å². The Kier molecular flexibility index (Phi) is 6.49. The van der Waals surface area contributed by atoms with Gasteiger partial charge in [0.25, 0.3) is 0 Å². The Morgan fingerprint density at radius 1 is 1.05 bits per heavy atom. The number of rotatable bonds is 4. The molecular weight excluding hydrogens is 261 g/mol. The molecule has 0 aromatic heterocycles. The highest BCUT2D eigenvalue weighted by molar-refractivity contribution is 5.19. The largest absolute Gasteiger partial charge is 0.199 e. The maximum Gasteiger partial charge on any atom is 0.199 e. The average Bonchev–Trinajstić information content (AvgIpc) is 2.55. The summed E-state index contributed by atoms with van der Waals surface area (Å²) < 4.78 is 12.7. The standard InChI is InChI=1S/C19H28FN/c1-2-15-6-10-17(11-7-15)18-12-8-16(9-13-18)4-3-5-19(20)14-21/h3-5,15-18H,2,6-13H2,1H3/b4-3+,19-5-. The second kappa shape index (κ2) is 8.37. The molecule has 2 saturated carbocycles. The number of allylic oxidation sites excluding steroid dienone is 4. The lowest BCUT2D eigenvalue weighted by Gasteiger charge is -2.37. The molecule has 0 bridgehead atoms. The van der Waals surface area contributed by atoms with E-state index in [0.29, 0.717) is 5.92 Å². The summed E-state index contributed by atoms with van der Waals surface area (Å²) in [5.41, 5.74) is 0. The van der Waals surface area contributed by atoms with Crippen molar-refractivity contribution in [1.29, 1.82) is 5.26 Å². The highest BCUT2D eigenvalue weighted by Gasteiger charge is 2.29. The summed E-state index contributed by atoms with van der Waals surface area (Å²) in [4.78, 5) is 0. The van der Waals surface area contributed by atoms with Crippen LogP contribution in [-0.2, 0) is 0 Å². The van der Waals surface area contributed by atoms with Gasteiger partial charge in [-0.3, -0.25) is 0 Å². The Balaban J connectivity index is 1.72. The summed E-state index contributed by atoms with van der Waals surface area (Å²) in [5, 5.41) is 8.36. The molecule has 2 rings (SSSR count). The van der Waals surface area contributed by atoms with E-state index >= 15 is 0 Å². The van der Waals surface area contributed by atoms with Crippen molar-refractivity contribution in [3.8, 4) is 6.07 Å². The molecule has 0 aromatic carbocycles. The van der Waals surface area contributed by atoms with Crippen LogP contribution in [0.1, 0.15) is 64.7 Å². The van der Waals surface area contributed by atoms with Gasteiger partial charge in [-0.05, 0) is 68.3 Å². The fraction of sp³-hybridized carbons (Fsp3) is 0.737. The van der Waals surface area contributed by atoms with Crippen molar-refractivity contribution in [3.05, 3.63) is 24.1 Å². The molecule has 0 radical (unpaired) electrons. The average molecular weight is 289 g/mol. The van der Waals surface area contributed by atoms with Crippen LogP contribution in [0.3, 0.4) is 0 Å². The van der Waals surface area contributed by atoms with Crippen molar-refractivity contribution in [1.82, 2.24) is 0 Å². The molecule has 2 fully saturated rings. The van der Waals surface area contributed by atoms with Gasteiger partial charge in [-0.25, -0.2) is 0 Å². The Labute approximate surface area is 128 Å². The highest BCUT2D eigenvalue weighted by atomic mass is 19.1. The van der Waals surface area contributed by atoms with E-state index in [4.69, 9.17) is 5.26 Å². The van der Waals surface area contributed by atoms with E-state index in [1.54, 1.807) is 6.08 Å². The third kappa shape index (κ3) is 4.99. The predicted molar refractivity (Wildman–Crippen MR) is 85.1 cm³/mol. The molecule has 0 atom stereocenters. The molecule has 21 heavy (non-hydrogen) atoms. The number of nitrogens with zero attached hydrogens (tertiary/aromatic N) is 1. The van der Waals surface area contributed by atoms with Crippen LogP contribution in [0.25, 0.3) is 0 Å². The van der Waals surface area contributed by atoms with Gasteiger partial charge in [-0.1, -0.05) is 38.3 Å². The first-order chi connectivity index (χ1) is 10.2. The second-order valence-electron chi connectivity index (χ2n) is 6.88. The molecule has 0 spiro atoms. The minimum Gasteiger partial charge on any atom is -0.195 e. The molecule has 0 N–H and O–H groups in total.